The molecule has 0 aromatic carbocycles. The molecule has 5 heteroatoms. The van der Waals surface area contributed by atoms with Crippen molar-refractivity contribution in [2.45, 2.75) is 38.3 Å². The fourth-order valence-corrected chi connectivity index (χ4v) is 3.88. The molecule has 1 aromatic heterocycles. The minimum atomic E-state index is 0.335. The molecule has 2 aliphatic heterocycles. The number of hydrogen-bond donors (Lipinski definition) is 1. The van der Waals surface area contributed by atoms with E-state index in [2.05, 4.69) is 28.0 Å². The molecule has 2 aliphatic rings. The molecule has 2 atom stereocenters. The van der Waals surface area contributed by atoms with Crippen molar-refractivity contribution in [3.8, 4) is 0 Å². The molecule has 0 radical (unpaired) electrons. The molecular formula is C15H27N5. The highest BCUT2D eigenvalue weighted by Gasteiger charge is 2.34. The standard InChI is InChI=1S/C15H27N5/c1-3-14-13(11-18(2)17-14)15(9-16)20-8-7-19-6-4-5-12(19)10-20/h11-12,15H,3-10,16H2,1-2H3. The van der Waals surface area contributed by atoms with Crippen LogP contribution in [0.3, 0.4) is 0 Å². The first-order chi connectivity index (χ1) is 9.72. The molecule has 2 fully saturated rings. The summed E-state index contributed by atoms with van der Waals surface area (Å²) in [6.45, 7) is 7.65. The highest BCUT2D eigenvalue weighted by molar-refractivity contribution is 5.22. The Kier molecular flexibility index (Phi) is 4.10. The van der Waals surface area contributed by atoms with Gasteiger partial charge < -0.3 is 5.73 Å². The average Bonchev–Trinajstić information content (AvgIpc) is 3.05. The van der Waals surface area contributed by atoms with Crippen molar-refractivity contribution in [1.29, 1.82) is 0 Å². The van der Waals surface area contributed by atoms with E-state index in [1.165, 1.54) is 43.7 Å². The predicted octanol–water partition coefficient (Wildman–Crippen LogP) is 0.762. The summed E-state index contributed by atoms with van der Waals surface area (Å²) in [4.78, 5) is 5.23. The third kappa shape index (κ3) is 2.50. The molecular weight excluding hydrogens is 250 g/mol. The van der Waals surface area contributed by atoms with Crippen LogP contribution in [0.25, 0.3) is 0 Å². The van der Waals surface area contributed by atoms with Gasteiger partial charge in [0.2, 0.25) is 0 Å². The van der Waals surface area contributed by atoms with E-state index in [1.807, 2.05) is 11.7 Å². The highest BCUT2D eigenvalue weighted by atomic mass is 15.3. The Bertz CT molecular complexity index is 455. The lowest BCUT2D eigenvalue weighted by molar-refractivity contribution is 0.0734. The van der Waals surface area contributed by atoms with Crippen LogP contribution in [0.4, 0.5) is 0 Å². The van der Waals surface area contributed by atoms with Crippen LogP contribution in [0.15, 0.2) is 6.20 Å². The summed E-state index contributed by atoms with van der Waals surface area (Å²) in [5.41, 5.74) is 8.66. The van der Waals surface area contributed by atoms with Gasteiger partial charge in [-0.1, -0.05) is 6.92 Å². The van der Waals surface area contributed by atoms with E-state index in [4.69, 9.17) is 5.73 Å². The summed E-state index contributed by atoms with van der Waals surface area (Å²) < 4.78 is 1.93. The van der Waals surface area contributed by atoms with Crippen LogP contribution in [-0.4, -0.2) is 58.3 Å². The second-order valence-electron chi connectivity index (χ2n) is 6.14. The van der Waals surface area contributed by atoms with Crippen molar-refractivity contribution in [2.24, 2.45) is 12.8 Å². The number of rotatable bonds is 4. The first-order valence-corrected chi connectivity index (χ1v) is 7.93. The molecule has 3 rings (SSSR count). The molecule has 0 amide bonds. The van der Waals surface area contributed by atoms with Gasteiger partial charge >= 0.3 is 0 Å². The van der Waals surface area contributed by atoms with Gasteiger partial charge in [0, 0.05) is 51.0 Å². The highest BCUT2D eigenvalue weighted by Crippen LogP contribution is 2.29. The Morgan fingerprint density at radius 2 is 2.25 bits per heavy atom. The van der Waals surface area contributed by atoms with E-state index >= 15 is 0 Å². The van der Waals surface area contributed by atoms with E-state index in [1.54, 1.807) is 0 Å². The van der Waals surface area contributed by atoms with Crippen molar-refractivity contribution in [3.05, 3.63) is 17.5 Å². The van der Waals surface area contributed by atoms with Gasteiger partial charge in [-0.15, -0.1) is 0 Å². The van der Waals surface area contributed by atoms with Crippen LogP contribution in [-0.2, 0) is 13.5 Å². The number of nitrogens with zero attached hydrogens (tertiary/aromatic N) is 4. The van der Waals surface area contributed by atoms with Crippen molar-refractivity contribution in [1.82, 2.24) is 19.6 Å². The molecule has 2 N–H and O–H groups in total. The number of fused-ring (bicyclic) bond motifs is 1. The predicted molar refractivity (Wildman–Crippen MR) is 80.5 cm³/mol. The number of aromatic nitrogens is 2. The van der Waals surface area contributed by atoms with Crippen LogP contribution in [0.1, 0.15) is 37.1 Å². The lowest BCUT2D eigenvalue weighted by atomic mass is 10.0. The van der Waals surface area contributed by atoms with Crippen molar-refractivity contribution >= 4 is 0 Å². The zero-order valence-electron chi connectivity index (χ0n) is 12.8. The maximum atomic E-state index is 6.11. The SMILES string of the molecule is CCc1nn(C)cc1C(CN)N1CCN2CCCC2C1. The van der Waals surface area contributed by atoms with E-state index < -0.39 is 0 Å². The van der Waals surface area contributed by atoms with Gasteiger partial charge in [0.15, 0.2) is 0 Å². The Labute approximate surface area is 121 Å². The Morgan fingerprint density at radius 3 is 3.00 bits per heavy atom. The van der Waals surface area contributed by atoms with E-state index in [-0.39, 0.29) is 0 Å². The number of piperazine rings is 1. The lowest BCUT2D eigenvalue weighted by Crippen LogP contribution is -2.52. The molecule has 2 unspecified atom stereocenters. The monoisotopic (exact) mass is 277 g/mol. The maximum absolute atomic E-state index is 6.11. The minimum Gasteiger partial charge on any atom is -0.329 e. The lowest BCUT2D eigenvalue weighted by Gasteiger charge is -2.41. The molecule has 0 saturated carbocycles. The van der Waals surface area contributed by atoms with Crippen LogP contribution >= 0.6 is 0 Å². The average molecular weight is 277 g/mol. The minimum absolute atomic E-state index is 0.335. The molecule has 2 saturated heterocycles. The fourth-order valence-electron chi connectivity index (χ4n) is 3.88. The second kappa shape index (κ2) is 5.84. The molecule has 112 valence electrons. The number of nitrogens with two attached hydrogens (primary N) is 1. The van der Waals surface area contributed by atoms with Crippen LogP contribution in [0.5, 0.6) is 0 Å². The van der Waals surface area contributed by atoms with Crippen molar-refractivity contribution in [3.63, 3.8) is 0 Å². The van der Waals surface area contributed by atoms with Gasteiger partial charge in [-0.05, 0) is 25.8 Å². The third-order valence-electron chi connectivity index (χ3n) is 4.91. The van der Waals surface area contributed by atoms with Crippen LogP contribution < -0.4 is 5.73 Å². The first-order valence-electron chi connectivity index (χ1n) is 7.93. The van der Waals surface area contributed by atoms with Crippen molar-refractivity contribution in [2.75, 3.05) is 32.7 Å². The topological polar surface area (TPSA) is 50.3 Å². The van der Waals surface area contributed by atoms with Crippen LogP contribution in [0, 0.1) is 0 Å². The number of hydrogen-bond acceptors (Lipinski definition) is 4. The second-order valence-corrected chi connectivity index (χ2v) is 6.14. The Hall–Kier alpha value is -0.910. The van der Waals surface area contributed by atoms with E-state index in [9.17, 15) is 0 Å². The number of aryl methyl sites for hydroxylation is 2. The van der Waals surface area contributed by atoms with Gasteiger partial charge in [0.25, 0.3) is 0 Å². The summed E-state index contributed by atoms with van der Waals surface area (Å²) in [6.07, 6.45) is 5.85. The largest absolute Gasteiger partial charge is 0.329 e. The molecule has 20 heavy (non-hydrogen) atoms. The third-order valence-corrected chi connectivity index (χ3v) is 4.91. The zero-order chi connectivity index (χ0) is 14.1. The maximum Gasteiger partial charge on any atom is 0.0670 e. The molecule has 3 heterocycles. The Balaban J connectivity index is 1.79. The summed E-state index contributed by atoms with van der Waals surface area (Å²) in [7, 11) is 2.01. The van der Waals surface area contributed by atoms with Crippen molar-refractivity contribution < 1.29 is 0 Å². The van der Waals surface area contributed by atoms with Gasteiger partial charge in [0.05, 0.1) is 11.7 Å². The quantitative estimate of drug-likeness (QED) is 0.883. The molecule has 0 bridgehead atoms. The summed E-state index contributed by atoms with van der Waals surface area (Å²) in [5, 5.41) is 4.58. The normalized spacial score (nSPS) is 25.9. The smallest absolute Gasteiger partial charge is 0.0670 e. The molecule has 0 aliphatic carbocycles. The van der Waals surface area contributed by atoms with Gasteiger partial charge in [0.1, 0.15) is 0 Å². The molecule has 0 spiro atoms. The van der Waals surface area contributed by atoms with Crippen LogP contribution in [0.2, 0.25) is 0 Å². The Morgan fingerprint density at radius 1 is 1.40 bits per heavy atom. The molecule has 5 nitrogen and oxygen atoms in total. The summed E-state index contributed by atoms with van der Waals surface area (Å²) in [6, 6.07) is 1.08. The van der Waals surface area contributed by atoms with E-state index in [0.29, 0.717) is 12.6 Å². The first kappa shape index (κ1) is 14.0. The zero-order valence-corrected chi connectivity index (χ0v) is 12.8. The summed E-state index contributed by atoms with van der Waals surface area (Å²) >= 11 is 0. The van der Waals surface area contributed by atoms with E-state index in [0.717, 1.165) is 19.0 Å². The fraction of sp³-hybridized carbons (Fsp3) is 0.800. The van der Waals surface area contributed by atoms with Gasteiger partial charge in [-0.3, -0.25) is 14.5 Å². The summed E-state index contributed by atoms with van der Waals surface area (Å²) in [5.74, 6) is 0. The van der Waals surface area contributed by atoms with Gasteiger partial charge in [-0.25, -0.2) is 0 Å². The van der Waals surface area contributed by atoms with Gasteiger partial charge in [-0.2, -0.15) is 5.10 Å². The molecule has 1 aromatic rings.